The second kappa shape index (κ2) is 12.1. The third kappa shape index (κ3) is 7.14. The van der Waals surface area contributed by atoms with E-state index >= 15 is 0 Å². The zero-order valence-electron chi connectivity index (χ0n) is 18.4. The molecular formula is C25H23N3O5S. The Balaban J connectivity index is 1.40. The molecule has 0 heterocycles. The lowest BCUT2D eigenvalue weighted by molar-refractivity contribution is -0.123. The molecule has 3 N–H and O–H groups in total. The summed E-state index contributed by atoms with van der Waals surface area (Å²) in [5.74, 6) is -0.959. The van der Waals surface area contributed by atoms with Crippen molar-refractivity contribution in [2.75, 3.05) is 13.2 Å². The zero-order chi connectivity index (χ0) is 24.3. The number of carbonyl (C=O) groups is 3. The van der Waals surface area contributed by atoms with Crippen LogP contribution in [0, 0.1) is 0 Å². The van der Waals surface area contributed by atoms with Crippen LogP contribution < -0.4 is 20.9 Å². The Kier molecular flexibility index (Phi) is 8.70. The average molecular weight is 478 g/mol. The van der Waals surface area contributed by atoms with E-state index in [4.69, 9.17) is 21.7 Å². The Labute approximate surface area is 202 Å². The number of ether oxygens (including phenoxy) is 2. The van der Waals surface area contributed by atoms with E-state index < -0.39 is 17.8 Å². The van der Waals surface area contributed by atoms with Crippen molar-refractivity contribution in [3.8, 4) is 16.9 Å². The predicted molar refractivity (Wildman–Crippen MR) is 131 cm³/mol. The van der Waals surface area contributed by atoms with E-state index in [1.54, 1.807) is 43.3 Å². The fourth-order valence-corrected chi connectivity index (χ4v) is 3.01. The molecule has 0 fully saturated rings. The van der Waals surface area contributed by atoms with Gasteiger partial charge in [-0.3, -0.25) is 25.8 Å². The van der Waals surface area contributed by atoms with Gasteiger partial charge in [0.25, 0.3) is 11.8 Å². The topological polar surface area (TPSA) is 106 Å². The van der Waals surface area contributed by atoms with E-state index in [-0.39, 0.29) is 18.3 Å². The molecule has 0 saturated carbocycles. The van der Waals surface area contributed by atoms with Crippen LogP contribution >= 0.6 is 12.2 Å². The molecular weight excluding hydrogens is 454 g/mol. The summed E-state index contributed by atoms with van der Waals surface area (Å²) in [5, 5.41) is 2.43. The minimum absolute atomic E-state index is 0.0655. The van der Waals surface area contributed by atoms with Crippen molar-refractivity contribution in [3.63, 3.8) is 0 Å². The number of hydrogen-bond acceptors (Lipinski definition) is 6. The van der Waals surface area contributed by atoms with Crippen molar-refractivity contribution < 1.29 is 23.9 Å². The smallest absolute Gasteiger partial charge is 0.338 e. The highest BCUT2D eigenvalue weighted by molar-refractivity contribution is 7.80. The highest BCUT2D eigenvalue weighted by Gasteiger charge is 2.10. The summed E-state index contributed by atoms with van der Waals surface area (Å²) in [4.78, 5) is 36.0. The van der Waals surface area contributed by atoms with Crippen LogP contribution in [0.5, 0.6) is 5.75 Å². The van der Waals surface area contributed by atoms with Gasteiger partial charge in [-0.25, -0.2) is 4.79 Å². The Bertz CT molecular complexity index is 1150. The Morgan fingerprint density at radius 1 is 0.794 bits per heavy atom. The number of esters is 1. The monoisotopic (exact) mass is 477 g/mol. The van der Waals surface area contributed by atoms with Crippen molar-refractivity contribution >= 4 is 35.1 Å². The minimum atomic E-state index is -0.515. The van der Waals surface area contributed by atoms with Gasteiger partial charge in [-0.2, -0.15) is 0 Å². The number of hydrogen-bond donors (Lipinski definition) is 3. The third-order valence-corrected chi connectivity index (χ3v) is 4.74. The molecule has 2 amide bonds. The Hall–Kier alpha value is -4.24. The lowest BCUT2D eigenvalue weighted by atomic mass is 10.0. The second-order valence-corrected chi connectivity index (χ2v) is 7.34. The van der Waals surface area contributed by atoms with Crippen LogP contribution in [0.2, 0.25) is 0 Å². The highest BCUT2D eigenvalue weighted by atomic mass is 32.1. The first-order valence-electron chi connectivity index (χ1n) is 10.4. The molecule has 3 rings (SSSR count). The number of rotatable bonds is 7. The van der Waals surface area contributed by atoms with Crippen LogP contribution in [-0.2, 0) is 9.53 Å². The summed E-state index contributed by atoms with van der Waals surface area (Å²) in [6.45, 7) is 1.71. The standard InChI is InChI=1S/C25H23N3O5S/c1-2-32-24(31)20-12-14-21(15-13-20)33-16-22(29)27-28-25(34)26-23(30)19-10-8-18(9-11-19)17-6-4-3-5-7-17/h3-15H,2,16H2,1H3,(H,27,29)(H2,26,28,30,34). The third-order valence-electron chi connectivity index (χ3n) is 4.53. The van der Waals surface area contributed by atoms with Crippen molar-refractivity contribution in [1.29, 1.82) is 0 Å². The summed E-state index contributed by atoms with van der Waals surface area (Å²) in [6.07, 6.45) is 0. The lowest BCUT2D eigenvalue weighted by Crippen LogP contribution is -2.49. The number of hydrazine groups is 1. The molecule has 0 saturated heterocycles. The van der Waals surface area contributed by atoms with Crippen molar-refractivity contribution in [1.82, 2.24) is 16.2 Å². The van der Waals surface area contributed by atoms with Gasteiger partial charge in [-0.05, 0) is 66.7 Å². The molecule has 9 heteroatoms. The summed E-state index contributed by atoms with van der Waals surface area (Å²) in [5.41, 5.74) is 7.64. The quantitative estimate of drug-likeness (QED) is 0.273. The van der Waals surface area contributed by atoms with Gasteiger partial charge >= 0.3 is 5.97 Å². The number of benzene rings is 3. The van der Waals surface area contributed by atoms with E-state index in [9.17, 15) is 14.4 Å². The zero-order valence-corrected chi connectivity index (χ0v) is 19.2. The first-order valence-corrected chi connectivity index (χ1v) is 10.8. The van der Waals surface area contributed by atoms with Crippen LogP contribution in [0.4, 0.5) is 0 Å². The van der Waals surface area contributed by atoms with E-state index in [0.29, 0.717) is 16.9 Å². The summed E-state index contributed by atoms with van der Waals surface area (Å²) < 4.78 is 10.3. The van der Waals surface area contributed by atoms with Gasteiger partial charge < -0.3 is 9.47 Å². The fourth-order valence-electron chi connectivity index (χ4n) is 2.86. The first-order chi connectivity index (χ1) is 16.5. The van der Waals surface area contributed by atoms with E-state index in [2.05, 4.69) is 16.2 Å². The maximum Gasteiger partial charge on any atom is 0.338 e. The lowest BCUT2D eigenvalue weighted by Gasteiger charge is -2.12. The van der Waals surface area contributed by atoms with Crippen molar-refractivity contribution in [3.05, 3.63) is 90.0 Å². The molecule has 0 aliphatic carbocycles. The Morgan fingerprint density at radius 3 is 2.06 bits per heavy atom. The van der Waals surface area contributed by atoms with Gasteiger partial charge in [0.1, 0.15) is 5.75 Å². The van der Waals surface area contributed by atoms with Gasteiger partial charge in [-0.1, -0.05) is 42.5 Å². The van der Waals surface area contributed by atoms with Crippen molar-refractivity contribution in [2.24, 2.45) is 0 Å². The molecule has 34 heavy (non-hydrogen) atoms. The molecule has 8 nitrogen and oxygen atoms in total. The number of amides is 2. The molecule has 0 aromatic heterocycles. The minimum Gasteiger partial charge on any atom is -0.484 e. The highest BCUT2D eigenvalue weighted by Crippen LogP contribution is 2.19. The molecule has 0 atom stereocenters. The summed E-state index contributed by atoms with van der Waals surface area (Å²) in [7, 11) is 0. The van der Waals surface area contributed by atoms with E-state index in [1.807, 2.05) is 42.5 Å². The molecule has 174 valence electrons. The largest absolute Gasteiger partial charge is 0.484 e. The first kappa shape index (κ1) is 24.4. The molecule has 3 aromatic carbocycles. The molecule has 0 unspecified atom stereocenters. The molecule has 0 radical (unpaired) electrons. The Morgan fingerprint density at radius 2 is 1.41 bits per heavy atom. The summed E-state index contributed by atoms with van der Waals surface area (Å²) >= 11 is 5.05. The number of thiocarbonyl (C=S) groups is 1. The second-order valence-electron chi connectivity index (χ2n) is 6.93. The maximum atomic E-state index is 12.4. The molecule has 0 aliphatic heterocycles. The van der Waals surface area contributed by atoms with Gasteiger partial charge in [0.15, 0.2) is 11.7 Å². The fraction of sp³-hybridized carbons (Fsp3) is 0.120. The van der Waals surface area contributed by atoms with Crippen LogP contribution in [-0.4, -0.2) is 36.1 Å². The van der Waals surface area contributed by atoms with Gasteiger partial charge in [0, 0.05) is 5.56 Å². The predicted octanol–water partition coefficient (Wildman–Crippen LogP) is 3.24. The van der Waals surface area contributed by atoms with Crippen molar-refractivity contribution in [2.45, 2.75) is 6.92 Å². The van der Waals surface area contributed by atoms with Crippen LogP contribution in [0.15, 0.2) is 78.9 Å². The van der Waals surface area contributed by atoms with Gasteiger partial charge in [0.2, 0.25) is 0 Å². The van der Waals surface area contributed by atoms with Crippen LogP contribution in [0.3, 0.4) is 0 Å². The SMILES string of the molecule is CCOC(=O)c1ccc(OCC(=O)NNC(=S)NC(=O)c2ccc(-c3ccccc3)cc2)cc1. The van der Waals surface area contributed by atoms with E-state index in [0.717, 1.165) is 11.1 Å². The number of carbonyl (C=O) groups excluding carboxylic acids is 3. The maximum absolute atomic E-state index is 12.4. The molecule has 3 aromatic rings. The van der Waals surface area contributed by atoms with Gasteiger partial charge in [-0.15, -0.1) is 0 Å². The molecule has 0 bridgehead atoms. The van der Waals surface area contributed by atoms with Crippen LogP contribution in [0.1, 0.15) is 27.6 Å². The van der Waals surface area contributed by atoms with E-state index in [1.165, 1.54) is 0 Å². The molecule has 0 aliphatic rings. The van der Waals surface area contributed by atoms with Gasteiger partial charge in [0.05, 0.1) is 12.2 Å². The molecule has 0 spiro atoms. The number of nitrogens with one attached hydrogen (secondary N) is 3. The van der Waals surface area contributed by atoms with Crippen LogP contribution in [0.25, 0.3) is 11.1 Å². The normalized spacial score (nSPS) is 10.0. The summed E-state index contributed by atoms with van der Waals surface area (Å²) in [6, 6.07) is 23.1. The average Bonchev–Trinajstić information content (AvgIpc) is 2.87.